The van der Waals surface area contributed by atoms with E-state index in [9.17, 15) is 9.59 Å². The van der Waals surface area contributed by atoms with Crippen LogP contribution in [0.4, 0.5) is 0 Å². The first kappa shape index (κ1) is 13.6. The quantitative estimate of drug-likeness (QED) is 0.903. The summed E-state index contributed by atoms with van der Waals surface area (Å²) in [5.41, 5.74) is 4.62. The van der Waals surface area contributed by atoms with Crippen LogP contribution in [0.5, 0.6) is 5.75 Å². The van der Waals surface area contributed by atoms with Crippen LogP contribution >= 0.6 is 0 Å². The Balaban J connectivity index is 1.62. The van der Waals surface area contributed by atoms with E-state index in [-0.39, 0.29) is 12.0 Å². The molecule has 1 aromatic carbocycles. The van der Waals surface area contributed by atoms with Gasteiger partial charge in [0.1, 0.15) is 5.75 Å². The summed E-state index contributed by atoms with van der Waals surface area (Å²) in [4.78, 5) is 31.6. The molecule has 0 saturated heterocycles. The topological polar surface area (TPSA) is 73.9 Å². The number of carbonyl (C=O) groups is 2. The Labute approximate surface area is 121 Å². The van der Waals surface area contributed by atoms with Gasteiger partial charge in [-0.3, -0.25) is 0 Å². The SMILES string of the molecule is O=C1C=C(CCOc2cccc3c2CCC3)C(=O)ONO1. The number of aryl methyl sites for hydroxylation is 1. The van der Waals surface area contributed by atoms with Crippen LogP contribution in [-0.2, 0) is 32.1 Å². The van der Waals surface area contributed by atoms with Gasteiger partial charge in [0.15, 0.2) is 0 Å². The third kappa shape index (κ3) is 3.05. The third-order valence-corrected chi connectivity index (χ3v) is 3.56. The summed E-state index contributed by atoms with van der Waals surface area (Å²) in [7, 11) is 0. The molecule has 21 heavy (non-hydrogen) atoms. The van der Waals surface area contributed by atoms with Gasteiger partial charge in [0.05, 0.1) is 6.61 Å². The first-order valence-electron chi connectivity index (χ1n) is 6.85. The second-order valence-corrected chi connectivity index (χ2v) is 4.91. The zero-order valence-electron chi connectivity index (χ0n) is 11.4. The Hall–Kier alpha value is -2.34. The average Bonchev–Trinajstić information content (AvgIpc) is 2.89. The highest BCUT2D eigenvalue weighted by molar-refractivity contribution is 5.96. The van der Waals surface area contributed by atoms with Gasteiger partial charge in [0.2, 0.25) is 0 Å². The highest BCUT2D eigenvalue weighted by Gasteiger charge is 2.19. The number of hydrogen-bond donors (Lipinski definition) is 1. The zero-order chi connectivity index (χ0) is 14.7. The van der Waals surface area contributed by atoms with Gasteiger partial charge in [-0.15, -0.1) is 0 Å². The zero-order valence-corrected chi connectivity index (χ0v) is 11.4. The Morgan fingerprint density at radius 1 is 1.19 bits per heavy atom. The molecule has 6 heteroatoms. The van der Waals surface area contributed by atoms with E-state index < -0.39 is 11.9 Å². The normalized spacial score (nSPS) is 17.4. The van der Waals surface area contributed by atoms with Crippen molar-refractivity contribution in [2.75, 3.05) is 6.61 Å². The minimum absolute atomic E-state index is 0.220. The van der Waals surface area contributed by atoms with E-state index in [2.05, 4.69) is 15.7 Å². The molecule has 1 aliphatic carbocycles. The fourth-order valence-electron chi connectivity index (χ4n) is 2.56. The van der Waals surface area contributed by atoms with Gasteiger partial charge in [-0.2, -0.15) is 0 Å². The largest absolute Gasteiger partial charge is 0.493 e. The molecule has 3 rings (SSSR count). The number of rotatable bonds is 4. The molecule has 0 atom stereocenters. The van der Waals surface area contributed by atoms with Crippen molar-refractivity contribution in [3.8, 4) is 5.75 Å². The molecule has 0 spiro atoms. The van der Waals surface area contributed by atoms with Crippen molar-refractivity contribution < 1.29 is 24.0 Å². The van der Waals surface area contributed by atoms with Crippen LogP contribution in [0, 0.1) is 0 Å². The van der Waals surface area contributed by atoms with Crippen molar-refractivity contribution in [3.63, 3.8) is 0 Å². The predicted molar refractivity (Wildman–Crippen MR) is 72.0 cm³/mol. The lowest BCUT2D eigenvalue weighted by molar-refractivity contribution is -0.189. The van der Waals surface area contributed by atoms with E-state index in [0.29, 0.717) is 6.61 Å². The summed E-state index contributed by atoms with van der Waals surface area (Å²) >= 11 is 0. The van der Waals surface area contributed by atoms with Crippen LogP contribution in [0.1, 0.15) is 24.0 Å². The smallest absolute Gasteiger partial charge is 0.356 e. The number of benzene rings is 1. The fraction of sp³-hybridized carbons (Fsp3) is 0.333. The molecule has 6 nitrogen and oxygen atoms in total. The first-order valence-corrected chi connectivity index (χ1v) is 6.85. The van der Waals surface area contributed by atoms with Gasteiger partial charge < -0.3 is 14.4 Å². The fourth-order valence-corrected chi connectivity index (χ4v) is 2.56. The standard InChI is InChI=1S/C15H15NO5/c17-14-9-11(15(18)21-16-20-14)7-8-19-13-6-2-4-10-3-1-5-12(10)13/h2,4,6,9,16H,1,3,5,7-8H2. The van der Waals surface area contributed by atoms with E-state index in [1.807, 2.05) is 17.8 Å². The highest BCUT2D eigenvalue weighted by atomic mass is 16.9. The molecule has 0 amide bonds. The molecule has 2 aliphatic rings. The molecular formula is C15H15NO5. The summed E-state index contributed by atoms with van der Waals surface area (Å²) in [6.07, 6.45) is 4.64. The molecular weight excluding hydrogens is 274 g/mol. The van der Waals surface area contributed by atoms with Gasteiger partial charge in [-0.1, -0.05) is 12.1 Å². The van der Waals surface area contributed by atoms with Crippen LogP contribution in [0.25, 0.3) is 0 Å². The number of ether oxygens (including phenoxy) is 1. The van der Waals surface area contributed by atoms with Crippen molar-refractivity contribution in [1.29, 1.82) is 0 Å². The van der Waals surface area contributed by atoms with Crippen LogP contribution in [0.3, 0.4) is 0 Å². The molecule has 0 unspecified atom stereocenters. The number of hydrogen-bond acceptors (Lipinski definition) is 6. The summed E-state index contributed by atoms with van der Waals surface area (Å²) in [6.45, 7) is 0.296. The van der Waals surface area contributed by atoms with Gasteiger partial charge >= 0.3 is 11.9 Å². The third-order valence-electron chi connectivity index (χ3n) is 3.56. The monoisotopic (exact) mass is 289 g/mol. The maximum atomic E-state index is 11.5. The van der Waals surface area contributed by atoms with Crippen molar-refractivity contribution >= 4 is 11.9 Å². The van der Waals surface area contributed by atoms with E-state index in [1.165, 1.54) is 11.1 Å². The van der Waals surface area contributed by atoms with Crippen LogP contribution in [-0.4, -0.2) is 18.5 Å². The van der Waals surface area contributed by atoms with Crippen LogP contribution in [0.2, 0.25) is 0 Å². The Morgan fingerprint density at radius 3 is 3.00 bits per heavy atom. The minimum Gasteiger partial charge on any atom is -0.493 e. The van der Waals surface area contributed by atoms with Crippen molar-refractivity contribution in [3.05, 3.63) is 41.0 Å². The molecule has 0 fully saturated rings. The van der Waals surface area contributed by atoms with Gasteiger partial charge in [-0.05, 0) is 36.5 Å². The summed E-state index contributed by atoms with van der Waals surface area (Å²) in [5.74, 6) is -0.451. The summed E-state index contributed by atoms with van der Waals surface area (Å²) in [5, 5.41) is 0. The molecule has 1 N–H and O–H groups in total. The van der Waals surface area contributed by atoms with E-state index >= 15 is 0 Å². The second-order valence-electron chi connectivity index (χ2n) is 4.91. The maximum absolute atomic E-state index is 11.5. The molecule has 0 saturated carbocycles. The van der Waals surface area contributed by atoms with Crippen molar-refractivity contribution in [2.45, 2.75) is 25.7 Å². The van der Waals surface area contributed by atoms with Crippen molar-refractivity contribution in [2.24, 2.45) is 0 Å². The number of nitrogens with one attached hydrogen (secondary N) is 1. The van der Waals surface area contributed by atoms with Crippen LogP contribution in [0.15, 0.2) is 29.8 Å². The molecule has 0 aromatic heterocycles. The first-order chi connectivity index (χ1) is 10.2. The molecule has 0 radical (unpaired) electrons. The van der Waals surface area contributed by atoms with Gasteiger partial charge in [0, 0.05) is 23.7 Å². The Bertz CT molecular complexity index is 608. The van der Waals surface area contributed by atoms with E-state index in [1.54, 1.807) is 0 Å². The molecule has 0 bridgehead atoms. The average molecular weight is 289 g/mol. The summed E-state index contributed by atoms with van der Waals surface area (Å²) in [6, 6.07) is 6.02. The lowest BCUT2D eigenvalue weighted by Gasteiger charge is -2.11. The summed E-state index contributed by atoms with van der Waals surface area (Å²) < 4.78 is 5.75. The molecule has 1 heterocycles. The minimum atomic E-state index is -0.670. The van der Waals surface area contributed by atoms with Gasteiger partial charge in [-0.25, -0.2) is 9.59 Å². The highest BCUT2D eigenvalue weighted by Crippen LogP contribution is 2.30. The lowest BCUT2D eigenvalue weighted by Crippen LogP contribution is -2.20. The number of carbonyl (C=O) groups excluding carboxylic acids is 2. The Morgan fingerprint density at radius 2 is 2.10 bits per heavy atom. The number of fused-ring (bicyclic) bond motifs is 1. The molecule has 110 valence electrons. The van der Waals surface area contributed by atoms with E-state index in [4.69, 9.17) is 4.74 Å². The molecule has 1 aliphatic heterocycles. The van der Waals surface area contributed by atoms with Crippen LogP contribution < -0.4 is 10.4 Å². The van der Waals surface area contributed by atoms with Crippen molar-refractivity contribution in [1.82, 2.24) is 5.64 Å². The van der Waals surface area contributed by atoms with E-state index in [0.717, 1.165) is 31.1 Å². The van der Waals surface area contributed by atoms with Gasteiger partial charge in [0.25, 0.3) is 0 Å². The Kier molecular flexibility index (Phi) is 3.87. The second kappa shape index (κ2) is 5.97. The maximum Gasteiger partial charge on any atom is 0.356 e. The molecule has 1 aromatic rings. The lowest BCUT2D eigenvalue weighted by atomic mass is 10.1. The predicted octanol–water partition coefficient (Wildman–Crippen LogP) is 1.39.